The van der Waals surface area contributed by atoms with E-state index in [1.807, 2.05) is 12.3 Å². The van der Waals surface area contributed by atoms with E-state index in [2.05, 4.69) is 65.3 Å². The van der Waals surface area contributed by atoms with Gasteiger partial charge < -0.3 is 9.32 Å². The molecule has 0 bridgehead atoms. The van der Waals surface area contributed by atoms with E-state index in [0.717, 1.165) is 10.2 Å². The molecular weight excluding hydrogens is 224 g/mol. The van der Waals surface area contributed by atoms with Crippen molar-refractivity contribution in [2.45, 2.75) is 26.3 Å². The second kappa shape index (κ2) is 3.82. The Morgan fingerprint density at radius 1 is 1.06 bits per heavy atom. The van der Waals surface area contributed by atoms with Crippen LogP contribution in [-0.2, 0) is 4.84 Å². The number of nitrogens with zero attached hydrogens (tertiary/aromatic N) is 2. The zero-order chi connectivity index (χ0) is 13.6. The van der Waals surface area contributed by atoms with E-state index in [1.165, 1.54) is 5.57 Å². The van der Waals surface area contributed by atoms with Crippen molar-refractivity contribution in [2.24, 2.45) is 10.6 Å². The summed E-state index contributed by atoms with van der Waals surface area (Å²) in [7, 11) is 6.53. The van der Waals surface area contributed by atoms with Crippen LogP contribution in [0.15, 0.2) is 40.8 Å². The maximum absolute atomic E-state index is 5.45. The van der Waals surface area contributed by atoms with Gasteiger partial charge in [0.25, 0.3) is 0 Å². The number of quaternary nitrogens is 1. The van der Waals surface area contributed by atoms with Gasteiger partial charge in [-0.3, -0.25) is 0 Å². The molecule has 3 nitrogen and oxygen atoms in total. The summed E-state index contributed by atoms with van der Waals surface area (Å²) in [4.78, 5) is 5.45. The lowest BCUT2D eigenvalue weighted by molar-refractivity contribution is -0.902. The van der Waals surface area contributed by atoms with Crippen LogP contribution in [0.2, 0.25) is 0 Å². The third kappa shape index (κ3) is 2.03. The Morgan fingerprint density at radius 3 is 2.28 bits per heavy atom. The lowest BCUT2D eigenvalue weighted by Crippen LogP contribution is -2.58. The first kappa shape index (κ1) is 13.1. The molecule has 2 aliphatic rings. The molecule has 0 fully saturated rings. The number of oxime groups is 1. The van der Waals surface area contributed by atoms with Crippen molar-refractivity contribution in [1.82, 2.24) is 0 Å². The Balaban J connectivity index is 2.55. The Bertz CT molecular complexity index is 475. The van der Waals surface area contributed by atoms with Gasteiger partial charge in [0.15, 0.2) is 11.3 Å². The van der Waals surface area contributed by atoms with Crippen LogP contribution in [0.3, 0.4) is 0 Å². The Morgan fingerprint density at radius 2 is 1.67 bits per heavy atom. The molecule has 1 unspecified atom stereocenters. The molecule has 0 N–H and O–H groups in total. The summed E-state index contributed by atoms with van der Waals surface area (Å²) in [6, 6.07) is 0. The predicted molar refractivity (Wildman–Crippen MR) is 75.1 cm³/mol. The fraction of sp³-hybridized carbons (Fsp3) is 0.533. The molecule has 0 amide bonds. The largest absolute Gasteiger partial charge is 0.357 e. The van der Waals surface area contributed by atoms with Gasteiger partial charge in [-0.2, -0.15) is 0 Å². The zero-order valence-corrected chi connectivity index (χ0v) is 12.2. The van der Waals surface area contributed by atoms with E-state index in [-0.39, 0.29) is 11.0 Å². The van der Waals surface area contributed by atoms with Crippen molar-refractivity contribution in [2.75, 3.05) is 21.1 Å². The number of likely N-dealkylation sites (N-methyl/N-ethyl adjacent to an activating group) is 1. The minimum Gasteiger partial charge on any atom is -0.357 e. The predicted octanol–water partition coefficient (Wildman–Crippen LogP) is 2.87. The summed E-state index contributed by atoms with van der Waals surface area (Å²) in [5.41, 5.74) is 1.06. The maximum Gasteiger partial charge on any atom is 0.167 e. The fourth-order valence-electron chi connectivity index (χ4n) is 2.10. The summed E-state index contributed by atoms with van der Waals surface area (Å²) >= 11 is 0. The molecule has 0 saturated carbocycles. The van der Waals surface area contributed by atoms with Crippen molar-refractivity contribution in [3.05, 3.63) is 35.6 Å². The maximum atomic E-state index is 5.45. The van der Waals surface area contributed by atoms with Crippen molar-refractivity contribution in [3.8, 4) is 0 Å². The third-order valence-electron chi connectivity index (χ3n) is 4.00. The van der Waals surface area contributed by atoms with E-state index in [9.17, 15) is 0 Å². The number of hydrogen-bond donors (Lipinski definition) is 0. The molecule has 18 heavy (non-hydrogen) atoms. The molecule has 0 aromatic carbocycles. The molecule has 98 valence electrons. The molecule has 3 heteroatoms. The van der Waals surface area contributed by atoms with E-state index in [1.54, 1.807) is 0 Å². The lowest BCUT2D eigenvalue weighted by Gasteiger charge is -2.43. The SMILES string of the molecule is CC1(C)C=CC2=C(C=C1)C(C)([N+](C)(C)C)C=NO2. The molecule has 0 radical (unpaired) electrons. The third-order valence-corrected chi connectivity index (χ3v) is 4.00. The minimum atomic E-state index is -0.172. The molecule has 1 heterocycles. The van der Waals surface area contributed by atoms with Crippen LogP contribution in [0.4, 0.5) is 0 Å². The van der Waals surface area contributed by atoms with E-state index in [4.69, 9.17) is 4.84 Å². The van der Waals surface area contributed by atoms with Gasteiger partial charge in [0, 0.05) is 12.3 Å². The summed E-state index contributed by atoms with van der Waals surface area (Å²) < 4.78 is 0.775. The van der Waals surface area contributed by atoms with Crippen LogP contribution in [0.5, 0.6) is 0 Å². The smallest absolute Gasteiger partial charge is 0.167 e. The van der Waals surface area contributed by atoms with Gasteiger partial charge in [0.2, 0.25) is 0 Å². The molecule has 0 spiro atoms. The Kier molecular flexibility index (Phi) is 2.78. The molecule has 2 rings (SSSR count). The topological polar surface area (TPSA) is 21.6 Å². The Hall–Kier alpha value is -1.35. The van der Waals surface area contributed by atoms with Gasteiger partial charge in [0.05, 0.1) is 26.7 Å². The van der Waals surface area contributed by atoms with Crippen molar-refractivity contribution in [3.63, 3.8) is 0 Å². The van der Waals surface area contributed by atoms with Crippen molar-refractivity contribution < 1.29 is 9.32 Å². The van der Waals surface area contributed by atoms with Crippen LogP contribution in [0, 0.1) is 5.41 Å². The normalized spacial score (nSPS) is 29.9. The molecular formula is C15H23N2O+. The monoisotopic (exact) mass is 247 g/mol. The van der Waals surface area contributed by atoms with Crippen LogP contribution in [0.25, 0.3) is 0 Å². The second-order valence-corrected chi connectivity index (χ2v) is 6.75. The first-order chi connectivity index (χ1) is 8.16. The second-order valence-electron chi connectivity index (χ2n) is 6.75. The summed E-state index contributed by atoms with van der Waals surface area (Å²) in [5.74, 6) is 0.856. The van der Waals surface area contributed by atoms with Crippen LogP contribution in [0.1, 0.15) is 20.8 Å². The first-order valence-electron chi connectivity index (χ1n) is 6.32. The van der Waals surface area contributed by atoms with Crippen molar-refractivity contribution in [1.29, 1.82) is 0 Å². The van der Waals surface area contributed by atoms with Gasteiger partial charge in [-0.1, -0.05) is 37.2 Å². The highest BCUT2D eigenvalue weighted by Crippen LogP contribution is 2.36. The molecule has 0 saturated heterocycles. The number of allylic oxidation sites excluding steroid dienone is 3. The van der Waals surface area contributed by atoms with E-state index in [0.29, 0.717) is 0 Å². The van der Waals surface area contributed by atoms with Gasteiger partial charge in [-0.25, -0.2) is 0 Å². The Labute approximate surface area is 110 Å². The number of hydrogen-bond acceptors (Lipinski definition) is 2. The quantitative estimate of drug-likeness (QED) is 0.653. The van der Waals surface area contributed by atoms with Crippen LogP contribution < -0.4 is 0 Å². The zero-order valence-electron chi connectivity index (χ0n) is 12.2. The van der Waals surface area contributed by atoms with Gasteiger partial charge >= 0.3 is 0 Å². The summed E-state index contributed by atoms with van der Waals surface area (Å²) in [5, 5.41) is 4.09. The molecule has 1 aliphatic carbocycles. The van der Waals surface area contributed by atoms with Gasteiger partial charge in [0.1, 0.15) is 6.21 Å². The molecule has 0 aromatic rings. The van der Waals surface area contributed by atoms with E-state index >= 15 is 0 Å². The highest BCUT2D eigenvalue weighted by molar-refractivity contribution is 5.76. The van der Waals surface area contributed by atoms with Gasteiger partial charge in [-0.15, -0.1) is 0 Å². The van der Waals surface area contributed by atoms with Crippen LogP contribution in [-0.4, -0.2) is 37.4 Å². The van der Waals surface area contributed by atoms with Gasteiger partial charge in [-0.05, 0) is 6.08 Å². The molecule has 1 atom stereocenters. The number of rotatable bonds is 1. The summed E-state index contributed by atoms with van der Waals surface area (Å²) in [6.45, 7) is 6.57. The van der Waals surface area contributed by atoms with Crippen molar-refractivity contribution >= 4 is 6.21 Å². The summed E-state index contributed by atoms with van der Waals surface area (Å²) in [6.07, 6.45) is 10.5. The first-order valence-corrected chi connectivity index (χ1v) is 6.32. The average Bonchev–Trinajstić information content (AvgIpc) is 2.38. The standard InChI is InChI=1S/C15H23N2O/c1-14(2)9-7-12-13(8-10-14)18-16-11-15(12,3)17(4,5)6/h7-11H,1-6H3/q+1. The average molecular weight is 247 g/mol. The highest BCUT2D eigenvalue weighted by atomic mass is 16.6. The minimum absolute atomic E-state index is 0.0481. The fourth-order valence-corrected chi connectivity index (χ4v) is 2.10. The van der Waals surface area contributed by atoms with E-state index < -0.39 is 0 Å². The molecule has 0 aromatic heterocycles. The highest BCUT2D eigenvalue weighted by Gasteiger charge is 2.44. The van der Waals surface area contributed by atoms with Crippen LogP contribution >= 0.6 is 0 Å². The lowest BCUT2D eigenvalue weighted by atomic mass is 9.86. The molecule has 1 aliphatic heterocycles.